The fourth-order valence-corrected chi connectivity index (χ4v) is 3.13. The molecule has 6 heteroatoms. The van der Waals surface area contributed by atoms with Gasteiger partial charge in [-0.2, -0.15) is 13.2 Å². The maximum Gasteiger partial charge on any atom is 0.416 e. The lowest BCUT2D eigenvalue weighted by Crippen LogP contribution is -2.03. The van der Waals surface area contributed by atoms with E-state index in [-0.39, 0.29) is 0 Å². The quantitative estimate of drug-likeness (QED) is 0.601. The van der Waals surface area contributed by atoms with Crippen LogP contribution >= 0.6 is 11.3 Å². The number of aryl methyl sites for hydroxylation is 1. The molecule has 1 heterocycles. The van der Waals surface area contributed by atoms with Crippen LogP contribution in [0.1, 0.15) is 16.1 Å². The molecule has 0 saturated heterocycles. The van der Waals surface area contributed by atoms with Crippen molar-refractivity contribution in [3.63, 3.8) is 0 Å². The minimum absolute atomic E-state index is 0.383. The Morgan fingerprint density at radius 2 is 1.67 bits per heavy atom. The second-order valence-electron chi connectivity index (χ2n) is 5.20. The van der Waals surface area contributed by atoms with Gasteiger partial charge < -0.3 is 4.74 Å². The largest absolute Gasteiger partial charge is 0.488 e. The van der Waals surface area contributed by atoms with Crippen LogP contribution in [0, 0.1) is 6.92 Å². The Labute approximate surface area is 141 Å². The average Bonchev–Trinajstić information content (AvgIpc) is 2.94. The van der Waals surface area contributed by atoms with Crippen molar-refractivity contribution >= 4 is 11.3 Å². The molecule has 0 aliphatic carbocycles. The van der Waals surface area contributed by atoms with Crippen molar-refractivity contribution in [2.24, 2.45) is 0 Å². The van der Waals surface area contributed by atoms with Gasteiger partial charge >= 0.3 is 6.18 Å². The van der Waals surface area contributed by atoms with E-state index in [1.807, 2.05) is 37.3 Å². The molecule has 0 spiro atoms. The Morgan fingerprint density at radius 3 is 2.29 bits per heavy atom. The fourth-order valence-electron chi connectivity index (χ4n) is 2.15. The van der Waals surface area contributed by atoms with E-state index in [4.69, 9.17) is 4.74 Å². The van der Waals surface area contributed by atoms with Crippen LogP contribution < -0.4 is 4.74 Å². The number of alkyl halides is 3. The Morgan fingerprint density at radius 1 is 1.00 bits per heavy atom. The monoisotopic (exact) mass is 349 g/mol. The first-order valence-electron chi connectivity index (χ1n) is 7.25. The van der Waals surface area contributed by atoms with Gasteiger partial charge in [-0.3, -0.25) is 0 Å². The molecule has 24 heavy (non-hydrogen) atoms. The van der Waals surface area contributed by atoms with Crippen LogP contribution in [-0.2, 0) is 12.8 Å². The fraction of sp³-hybridized carbons (Fsp3) is 0.167. The third-order valence-corrected chi connectivity index (χ3v) is 4.64. The third kappa shape index (κ3) is 3.76. The molecule has 2 aromatic carbocycles. The summed E-state index contributed by atoms with van der Waals surface area (Å²) in [6.45, 7) is 2.25. The normalized spacial score (nSPS) is 11.5. The molecule has 0 atom stereocenters. The first-order chi connectivity index (χ1) is 11.4. The predicted molar refractivity (Wildman–Crippen MR) is 88.1 cm³/mol. The summed E-state index contributed by atoms with van der Waals surface area (Å²) in [6.07, 6.45) is -4.33. The maximum absolute atomic E-state index is 12.6. The number of para-hydroxylation sites is 1. The summed E-state index contributed by atoms with van der Waals surface area (Å²) in [5.74, 6) is 0.765. The smallest absolute Gasteiger partial charge is 0.416 e. The van der Waals surface area contributed by atoms with E-state index in [1.54, 1.807) is 0 Å². The Balaban J connectivity index is 1.76. The topological polar surface area (TPSA) is 22.1 Å². The number of aromatic nitrogens is 1. The highest BCUT2D eigenvalue weighted by molar-refractivity contribution is 7.15. The van der Waals surface area contributed by atoms with Gasteiger partial charge in [-0.1, -0.05) is 30.3 Å². The Kier molecular flexibility index (Phi) is 4.57. The average molecular weight is 349 g/mol. The molecular formula is C18H14F3NOS. The van der Waals surface area contributed by atoms with Gasteiger partial charge in [-0.25, -0.2) is 4.98 Å². The van der Waals surface area contributed by atoms with Crippen molar-refractivity contribution in [3.05, 3.63) is 70.7 Å². The lowest BCUT2D eigenvalue weighted by Gasteiger charge is -2.06. The zero-order valence-corrected chi connectivity index (χ0v) is 13.6. The number of benzene rings is 2. The van der Waals surface area contributed by atoms with Gasteiger partial charge in [0, 0.05) is 5.56 Å². The molecule has 0 unspecified atom stereocenters. The summed E-state index contributed by atoms with van der Waals surface area (Å²) in [5, 5.41) is 0.688. The van der Waals surface area contributed by atoms with Gasteiger partial charge in [-0.15, -0.1) is 11.3 Å². The standard InChI is InChI=1S/C18H14F3NOS/c1-12-16(11-23-15-5-3-2-4-6-15)24-17(22-12)13-7-9-14(10-8-13)18(19,20)21/h2-10H,11H2,1H3. The second kappa shape index (κ2) is 6.65. The van der Waals surface area contributed by atoms with Crippen LogP contribution in [0.5, 0.6) is 5.75 Å². The van der Waals surface area contributed by atoms with Gasteiger partial charge in [0.2, 0.25) is 0 Å². The highest BCUT2D eigenvalue weighted by Gasteiger charge is 2.30. The molecule has 0 fully saturated rings. The zero-order valence-electron chi connectivity index (χ0n) is 12.8. The van der Waals surface area contributed by atoms with Crippen molar-refractivity contribution in [3.8, 4) is 16.3 Å². The molecule has 0 radical (unpaired) electrons. The van der Waals surface area contributed by atoms with Gasteiger partial charge in [0.05, 0.1) is 16.1 Å². The van der Waals surface area contributed by atoms with Crippen molar-refractivity contribution < 1.29 is 17.9 Å². The van der Waals surface area contributed by atoms with Gasteiger partial charge in [0.15, 0.2) is 0 Å². The molecule has 0 aliphatic rings. The van der Waals surface area contributed by atoms with E-state index >= 15 is 0 Å². The number of ether oxygens (including phenoxy) is 1. The maximum atomic E-state index is 12.6. The van der Waals surface area contributed by atoms with Crippen LogP contribution in [-0.4, -0.2) is 4.98 Å². The lowest BCUT2D eigenvalue weighted by atomic mass is 10.1. The van der Waals surface area contributed by atoms with E-state index in [1.165, 1.54) is 23.5 Å². The van der Waals surface area contributed by atoms with Crippen LogP contribution in [0.2, 0.25) is 0 Å². The molecule has 1 aromatic heterocycles. The second-order valence-corrected chi connectivity index (χ2v) is 6.29. The van der Waals surface area contributed by atoms with E-state index in [0.717, 1.165) is 28.5 Å². The highest BCUT2D eigenvalue weighted by Crippen LogP contribution is 2.33. The van der Waals surface area contributed by atoms with Crippen molar-refractivity contribution in [1.82, 2.24) is 4.98 Å². The molecule has 0 bridgehead atoms. The summed E-state index contributed by atoms with van der Waals surface area (Å²) in [7, 11) is 0. The SMILES string of the molecule is Cc1nc(-c2ccc(C(F)(F)F)cc2)sc1COc1ccccc1. The predicted octanol–water partition coefficient (Wildman–Crippen LogP) is 5.72. The Bertz CT molecular complexity index is 811. The van der Waals surface area contributed by atoms with E-state index in [0.29, 0.717) is 17.2 Å². The van der Waals surface area contributed by atoms with Gasteiger partial charge in [0.25, 0.3) is 0 Å². The number of hydrogen-bond donors (Lipinski definition) is 0. The number of rotatable bonds is 4. The molecule has 0 amide bonds. The van der Waals surface area contributed by atoms with Gasteiger partial charge in [0.1, 0.15) is 17.4 Å². The number of halogens is 3. The first kappa shape index (κ1) is 16.5. The summed E-state index contributed by atoms with van der Waals surface area (Å²) in [6, 6.07) is 14.5. The molecule has 0 N–H and O–H groups in total. The summed E-state index contributed by atoms with van der Waals surface area (Å²) < 4.78 is 43.6. The van der Waals surface area contributed by atoms with Crippen molar-refractivity contribution in [1.29, 1.82) is 0 Å². The molecule has 2 nitrogen and oxygen atoms in total. The van der Waals surface area contributed by atoms with E-state index in [9.17, 15) is 13.2 Å². The molecule has 0 saturated carbocycles. The lowest BCUT2D eigenvalue weighted by molar-refractivity contribution is -0.137. The Hall–Kier alpha value is -2.34. The minimum Gasteiger partial charge on any atom is -0.488 e. The van der Waals surface area contributed by atoms with Crippen molar-refractivity contribution in [2.75, 3.05) is 0 Å². The highest BCUT2D eigenvalue weighted by atomic mass is 32.1. The van der Waals surface area contributed by atoms with Crippen LogP contribution in [0.15, 0.2) is 54.6 Å². The number of nitrogens with zero attached hydrogens (tertiary/aromatic N) is 1. The summed E-state index contributed by atoms with van der Waals surface area (Å²) in [5.41, 5.74) is 0.833. The molecular weight excluding hydrogens is 335 g/mol. The number of hydrogen-bond acceptors (Lipinski definition) is 3. The zero-order chi connectivity index (χ0) is 17.2. The molecule has 124 valence electrons. The molecule has 3 aromatic rings. The molecule has 3 rings (SSSR count). The van der Waals surface area contributed by atoms with Crippen LogP contribution in [0.3, 0.4) is 0 Å². The summed E-state index contributed by atoms with van der Waals surface area (Å²) in [4.78, 5) is 5.39. The van der Waals surface area contributed by atoms with Gasteiger partial charge in [-0.05, 0) is 31.2 Å². The van der Waals surface area contributed by atoms with E-state index < -0.39 is 11.7 Å². The van der Waals surface area contributed by atoms with E-state index in [2.05, 4.69) is 4.98 Å². The van der Waals surface area contributed by atoms with Crippen LogP contribution in [0.4, 0.5) is 13.2 Å². The number of thiazole rings is 1. The van der Waals surface area contributed by atoms with Crippen molar-refractivity contribution in [2.45, 2.75) is 19.7 Å². The first-order valence-corrected chi connectivity index (χ1v) is 8.07. The van der Waals surface area contributed by atoms with Crippen LogP contribution in [0.25, 0.3) is 10.6 Å². The molecule has 0 aliphatic heterocycles. The third-order valence-electron chi connectivity index (χ3n) is 3.46. The minimum atomic E-state index is -4.33. The summed E-state index contributed by atoms with van der Waals surface area (Å²) >= 11 is 1.43.